The third kappa shape index (κ3) is 4.09. The molecule has 18 heavy (non-hydrogen) atoms. The molecule has 1 N–H and O–H groups in total. The van der Waals surface area contributed by atoms with Gasteiger partial charge in [0.15, 0.2) is 0 Å². The first-order valence-corrected chi connectivity index (χ1v) is 7.87. The molecule has 1 aromatic rings. The Balaban J connectivity index is 2.92. The molecular weight excluding hydrogens is 290 g/mol. The van der Waals surface area contributed by atoms with E-state index in [1.165, 1.54) is 18.5 Å². The summed E-state index contributed by atoms with van der Waals surface area (Å²) in [4.78, 5) is 0. The summed E-state index contributed by atoms with van der Waals surface area (Å²) in [5.41, 5.74) is 1.30. The molecule has 0 aromatic carbocycles. The van der Waals surface area contributed by atoms with Gasteiger partial charge in [-0.1, -0.05) is 34.1 Å². The first kappa shape index (κ1) is 15.7. The van der Waals surface area contributed by atoms with Crippen LogP contribution in [0.5, 0.6) is 0 Å². The van der Waals surface area contributed by atoms with Gasteiger partial charge in [-0.3, -0.25) is 4.68 Å². The number of hydrogen-bond donors (Lipinski definition) is 1. The largest absolute Gasteiger partial charge is 0.309 e. The molecule has 0 aliphatic rings. The third-order valence-corrected chi connectivity index (χ3v) is 4.00. The summed E-state index contributed by atoms with van der Waals surface area (Å²) in [5, 5.41) is 8.07. The number of nitrogens with zero attached hydrogens (tertiary/aromatic N) is 2. The van der Waals surface area contributed by atoms with E-state index in [2.05, 4.69) is 58.7 Å². The van der Waals surface area contributed by atoms with E-state index in [-0.39, 0.29) is 0 Å². The summed E-state index contributed by atoms with van der Waals surface area (Å²) in [6.07, 6.45) is 5.43. The van der Waals surface area contributed by atoms with Crippen molar-refractivity contribution in [1.29, 1.82) is 0 Å². The maximum absolute atomic E-state index is 4.47. The fourth-order valence-corrected chi connectivity index (χ4v) is 2.79. The van der Waals surface area contributed by atoms with Crippen LogP contribution >= 0.6 is 15.9 Å². The average Bonchev–Trinajstić information content (AvgIpc) is 2.70. The molecule has 4 heteroatoms. The van der Waals surface area contributed by atoms with E-state index in [1.807, 2.05) is 6.20 Å². The van der Waals surface area contributed by atoms with Gasteiger partial charge in [-0.15, -0.1) is 0 Å². The van der Waals surface area contributed by atoms with E-state index < -0.39 is 0 Å². The molecule has 1 rings (SSSR count). The SMILES string of the molecule is CCCn1ncc(Br)c1C(CC(C)CC)NCC. The van der Waals surface area contributed by atoms with Gasteiger partial charge >= 0.3 is 0 Å². The summed E-state index contributed by atoms with van der Waals surface area (Å²) in [7, 11) is 0. The van der Waals surface area contributed by atoms with Crippen LogP contribution < -0.4 is 5.32 Å². The molecule has 0 saturated heterocycles. The maximum atomic E-state index is 4.47. The van der Waals surface area contributed by atoms with E-state index in [9.17, 15) is 0 Å². The Hall–Kier alpha value is -0.350. The summed E-state index contributed by atoms with van der Waals surface area (Å²) in [6.45, 7) is 10.9. The highest BCUT2D eigenvalue weighted by Crippen LogP contribution is 2.29. The molecule has 0 amide bonds. The van der Waals surface area contributed by atoms with Crippen molar-refractivity contribution in [2.24, 2.45) is 5.92 Å². The van der Waals surface area contributed by atoms with Crippen LogP contribution in [0.4, 0.5) is 0 Å². The fourth-order valence-electron chi connectivity index (χ4n) is 2.22. The Morgan fingerprint density at radius 3 is 2.67 bits per heavy atom. The predicted molar refractivity (Wildman–Crippen MR) is 80.7 cm³/mol. The van der Waals surface area contributed by atoms with Gasteiger partial charge in [0.2, 0.25) is 0 Å². The van der Waals surface area contributed by atoms with Crippen LogP contribution in [0, 0.1) is 5.92 Å². The highest BCUT2D eigenvalue weighted by molar-refractivity contribution is 9.10. The van der Waals surface area contributed by atoms with Crippen molar-refractivity contribution in [3.05, 3.63) is 16.4 Å². The number of hydrogen-bond acceptors (Lipinski definition) is 2. The second-order valence-corrected chi connectivity index (χ2v) is 5.81. The van der Waals surface area contributed by atoms with Crippen LogP contribution in [0.3, 0.4) is 0 Å². The molecule has 0 radical (unpaired) electrons. The van der Waals surface area contributed by atoms with Crippen molar-refractivity contribution in [1.82, 2.24) is 15.1 Å². The van der Waals surface area contributed by atoms with E-state index >= 15 is 0 Å². The van der Waals surface area contributed by atoms with Gasteiger partial charge in [0, 0.05) is 6.54 Å². The second kappa shape index (κ2) is 7.95. The Morgan fingerprint density at radius 2 is 2.11 bits per heavy atom. The number of aromatic nitrogens is 2. The number of nitrogens with one attached hydrogen (secondary N) is 1. The summed E-state index contributed by atoms with van der Waals surface area (Å²) in [5.74, 6) is 0.728. The van der Waals surface area contributed by atoms with Gasteiger partial charge in [-0.2, -0.15) is 5.10 Å². The quantitative estimate of drug-likeness (QED) is 0.781. The minimum atomic E-state index is 0.397. The minimum Gasteiger partial charge on any atom is -0.309 e. The van der Waals surface area contributed by atoms with Crippen molar-refractivity contribution in [2.45, 2.75) is 59.5 Å². The Morgan fingerprint density at radius 1 is 1.39 bits per heavy atom. The molecule has 2 atom stereocenters. The van der Waals surface area contributed by atoms with E-state index in [0.717, 1.165) is 29.9 Å². The van der Waals surface area contributed by atoms with Gasteiger partial charge in [0.25, 0.3) is 0 Å². The summed E-state index contributed by atoms with van der Waals surface area (Å²) in [6, 6.07) is 0.397. The molecule has 0 saturated carbocycles. The van der Waals surface area contributed by atoms with E-state index in [0.29, 0.717) is 6.04 Å². The topological polar surface area (TPSA) is 29.9 Å². The van der Waals surface area contributed by atoms with Crippen LogP contribution in [0.25, 0.3) is 0 Å². The van der Waals surface area contributed by atoms with Crippen molar-refractivity contribution in [2.75, 3.05) is 6.54 Å². The van der Waals surface area contributed by atoms with Gasteiger partial charge in [0.1, 0.15) is 0 Å². The lowest BCUT2D eigenvalue weighted by atomic mass is 9.97. The lowest BCUT2D eigenvalue weighted by Crippen LogP contribution is -2.26. The highest BCUT2D eigenvalue weighted by Gasteiger charge is 2.20. The molecule has 0 aliphatic heterocycles. The summed E-state index contributed by atoms with van der Waals surface area (Å²) < 4.78 is 3.27. The van der Waals surface area contributed by atoms with Crippen LogP contribution in [-0.4, -0.2) is 16.3 Å². The lowest BCUT2D eigenvalue weighted by molar-refractivity contribution is 0.383. The van der Waals surface area contributed by atoms with Crippen LogP contribution in [0.2, 0.25) is 0 Å². The Kier molecular flexibility index (Phi) is 6.94. The highest BCUT2D eigenvalue weighted by atomic mass is 79.9. The maximum Gasteiger partial charge on any atom is 0.0695 e. The fraction of sp³-hybridized carbons (Fsp3) is 0.786. The average molecular weight is 316 g/mol. The van der Waals surface area contributed by atoms with E-state index in [1.54, 1.807) is 0 Å². The standard InChI is InChI=1S/C14H26BrN3/c1-5-8-18-14(12(15)10-17-18)13(16-7-3)9-11(4)6-2/h10-11,13,16H,5-9H2,1-4H3. The van der Waals surface area contributed by atoms with Gasteiger partial charge in [-0.25, -0.2) is 0 Å². The van der Waals surface area contributed by atoms with Gasteiger partial charge in [0.05, 0.1) is 22.4 Å². The smallest absolute Gasteiger partial charge is 0.0695 e. The molecule has 0 spiro atoms. The third-order valence-electron chi connectivity index (χ3n) is 3.38. The molecule has 0 aliphatic carbocycles. The Labute approximate surface area is 119 Å². The van der Waals surface area contributed by atoms with Crippen LogP contribution in [0.1, 0.15) is 58.7 Å². The molecule has 1 heterocycles. The Bertz CT molecular complexity index is 349. The number of halogens is 1. The zero-order valence-corrected chi connectivity index (χ0v) is 13.6. The van der Waals surface area contributed by atoms with Crippen LogP contribution in [-0.2, 0) is 6.54 Å². The summed E-state index contributed by atoms with van der Waals surface area (Å²) >= 11 is 3.65. The van der Waals surface area contributed by atoms with Gasteiger partial charge in [-0.05, 0) is 41.2 Å². The second-order valence-electron chi connectivity index (χ2n) is 4.96. The van der Waals surface area contributed by atoms with Crippen molar-refractivity contribution in [3.63, 3.8) is 0 Å². The lowest BCUT2D eigenvalue weighted by Gasteiger charge is -2.23. The van der Waals surface area contributed by atoms with Crippen molar-refractivity contribution >= 4 is 15.9 Å². The monoisotopic (exact) mass is 315 g/mol. The normalized spacial score (nSPS) is 14.7. The molecule has 0 bridgehead atoms. The molecule has 1 aromatic heterocycles. The molecule has 2 unspecified atom stereocenters. The first-order valence-electron chi connectivity index (χ1n) is 7.08. The number of rotatable bonds is 8. The molecule has 3 nitrogen and oxygen atoms in total. The van der Waals surface area contributed by atoms with E-state index in [4.69, 9.17) is 0 Å². The zero-order chi connectivity index (χ0) is 13.5. The van der Waals surface area contributed by atoms with Crippen LogP contribution in [0.15, 0.2) is 10.7 Å². The molecular formula is C14H26BrN3. The predicted octanol–water partition coefficient (Wildman–Crippen LogP) is 4.14. The van der Waals surface area contributed by atoms with Gasteiger partial charge < -0.3 is 5.32 Å². The minimum absolute atomic E-state index is 0.397. The molecule has 104 valence electrons. The first-order chi connectivity index (χ1) is 8.63. The number of aryl methyl sites for hydroxylation is 1. The molecule has 0 fully saturated rings. The zero-order valence-electron chi connectivity index (χ0n) is 12.0. The van der Waals surface area contributed by atoms with Crippen molar-refractivity contribution in [3.8, 4) is 0 Å². The van der Waals surface area contributed by atoms with Crippen molar-refractivity contribution < 1.29 is 0 Å².